The highest BCUT2D eigenvalue weighted by Crippen LogP contribution is 2.11. The molecule has 0 saturated carbocycles. The Morgan fingerprint density at radius 2 is 1.84 bits per heavy atom. The van der Waals surface area contributed by atoms with Crippen molar-refractivity contribution in [1.29, 1.82) is 0 Å². The third-order valence-electron chi connectivity index (χ3n) is 2.10. The second-order valence-corrected chi connectivity index (χ2v) is 4.98. The number of benzene rings is 1. The molecule has 0 heterocycles. The first-order chi connectivity index (χ1) is 9.11. The molecular weight excluding hydrogens is 361 g/mol. The van der Waals surface area contributed by atoms with E-state index in [1.807, 2.05) is 19.1 Å². The van der Waals surface area contributed by atoms with Crippen molar-refractivity contribution in [1.82, 2.24) is 0 Å². The van der Waals surface area contributed by atoms with Gasteiger partial charge in [-0.3, -0.25) is 10.1 Å². The number of carbonyl (C=O) groups excluding carboxylic acids is 2. The number of hydrogen-bond donors (Lipinski definition) is 1. The largest absolute Gasteiger partial charge is 0.466 e. The maximum Gasteiger partial charge on any atom is 0.411 e. The molecule has 5 nitrogen and oxygen atoms in total. The Balaban J connectivity index is 2.21. The van der Waals surface area contributed by atoms with Gasteiger partial charge < -0.3 is 9.47 Å². The number of anilines is 1. The lowest BCUT2D eigenvalue weighted by Gasteiger charge is -2.07. The van der Waals surface area contributed by atoms with Crippen molar-refractivity contribution in [3.8, 4) is 0 Å². The zero-order valence-corrected chi connectivity index (χ0v) is 12.8. The van der Waals surface area contributed by atoms with E-state index < -0.39 is 6.09 Å². The molecule has 0 bridgehead atoms. The normalized spacial score (nSPS) is 9.79. The SMILES string of the molecule is CCCOC(=O)CCOC(=O)Nc1ccc(I)cc1. The van der Waals surface area contributed by atoms with E-state index in [0.29, 0.717) is 12.3 Å². The lowest BCUT2D eigenvalue weighted by molar-refractivity contribution is -0.144. The quantitative estimate of drug-likeness (QED) is 0.611. The number of amides is 1. The monoisotopic (exact) mass is 377 g/mol. The molecule has 1 rings (SSSR count). The fourth-order valence-corrected chi connectivity index (χ4v) is 1.56. The van der Waals surface area contributed by atoms with Gasteiger partial charge >= 0.3 is 12.1 Å². The third-order valence-corrected chi connectivity index (χ3v) is 2.82. The van der Waals surface area contributed by atoms with Crippen LogP contribution in [0.25, 0.3) is 0 Å². The van der Waals surface area contributed by atoms with Crippen molar-refractivity contribution >= 4 is 40.3 Å². The Kier molecular flexibility index (Phi) is 7.24. The maximum absolute atomic E-state index is 11.4. The molecule has 1 N–H and O–H groups in total. The minimum absolute atomic E-state index is 0.0126. The van der Waals surface area contributed by atoms with Gasteiger partial charge in [0.1, 0.15) is 6.61 Å². The Labute approximate surface area is 125 Å². The average molecular weight is 377 g/mol. The lowest BCUT2D eigenvalue weighted by Crippen LogP contribution is -2.17. The van der Waals surface area contributed by atoms with Gasteiger partial charge in [0.15, 0.2) is 0 Å². The van der Waals surface area contributed by atoms with E-state index in [-0.39, 0.29) is 19.0 Å². The number of hydrogen-bond acceptors (Lipinski definition) is 4. The van der Waals surface area contributed by atoms with Crippen molar-refractivity contribution in [3.63, 3.8) is 0 Å². The van der Waals surface area contributed by atoms with Gasteiger partial charge in [-0.1, -0.05) is 6.92 Å². The summed E-state index contributed by atoms with van der Waals surface area (Å²) < 4.78 is 10.8. The first kappa shape index (κ1) is 15.7. The van der Waals surface area contributed by atoms with Gasteiger partial charge in [0.2, 0.25) is 0 Å². The number of ether oxygens (including phenoxy) is 2. The molecule has 0 aromatic heterocycles. The molecule has 0 aliphatic heterocycles. The first-order valence-electron chi connectivity index (χ1n) is 5.96. The highest BCUT2D eigenvalue weighted by Gasteiger charge is 2.06. The third kappa shape index (κ3) is 7.00. The van der Waals surface area contributed by atoms with Crippen molar-refractivity contribution < 1.29 is 19.1 Å². The summed E-state index contributed by atoms with van der Waals surface area (Å²) in [5, 5.41) is 2.57. The molecule has 1 aromatic rings. The zero-order chi connectivity index (χ0) is 14.1. The van der Waals surface area contributed by atoms with E-state index in [2.05, 4.69) is 27.9 Å². The summed E-state index contributed by atoms with van der Waals surface area (Å²) >= 11 is 2.18. The van der Waals surface area contributed by atoms with Crippen molar-refractivity contribution in [2.75, 3.05) is 18.5 Å². The molecule has 1 aromatic carbocycles. The van der Waals surface area contributed by atoms with Gasteiger partial charge in [-0.15, -0.1) is 0 Å². The topological polar surface area (TPSA) is 64.6 Å². The molecule has 104 valence electrons. The molecule has 0 saturated heterocycles. The molecule has 0 radical (unpaired) electrons. The van der Waals surface area contributed by atoms with Crippen LogP contribution in [0.5, 0.6) is 0 Å². The van der Waals surface area contributed by atoms with Crippen LogP contribution in [0, 0.1) is 3.57 Å². The van der Waals surface area contributed by atoms with Gasteiger partial charge in [-0.2, -0.15) is 0 Å². The predicted molar refractivity (Wildman–Crippen MR) is 80.0 cm³/mol. The summed E-state index contributed by atoms with van der Waals surface area (Å²) in [6.45, 7) is 2.32. The molecule has 0 spiro atoms. The van der Waals surface area contributed by atoms with Crippen molar-refractivity contribution in [2.24, 2.45) is 0 Å². The fraction of sp³-hybridized carbons (Fsp3) is 0.385. The molecule has 0 aliphatic carbocycles. The number of esters is 1. The smallest absolute Gasteiger partial charge is 0.411 e. The van der Waals surface area contributed by atoms with Gasteiger partial charge in [0, 0.05) is 9.26 Å². The summed E-state index contributed by atoms with van der Waals surface area (Å²) in [7, 11) is 0. The van der Waals surface area contributed by atoms with Crippen LogP contribution in [-0.2, 0) is 14.3 Å². The minimum atomic E-state index is -0.579. The second kappa shape index (κ2) is 8.73. The number of halogens is 1. The van der Waals surface area contributed by atoms with E-state index in [1.54, 1.807) is 12.1 Å². The van der Waals surface area contributed by atoms with Gasteiger partial charge in [0.05, 0.1) is 13.0 Å². The van der Waals surface area contributed by atoms with Crippen molar-refractivity contribution in [2.45, 2.75) is 19.8 Å². The highest BCUT2D eigenvalue weighted by molar-refractivity contribution is 14.1. The van der Waals surface area contributed by atoms with Crippen LogP contribution in [0.4, 0.5) is 10.5 Å². The van der Waals surface area contributed by atoms with Crippen LogP contribution in [-0.4, -0.2) is 25.3 Å². The van der Waals surface area contributed by atoms with E-state index in [0.717, 1.165) is 9.99 Å². The lowest BCUT2D eigenvalue weighted by atomic mass is 10.3. The van der Waals surface area contributed by atoms with E-state index in [9.17, 15) is 9.59 Å². The van der Waals surface area contributed by atoms with Crippen LogP contribution < -0.4 is 5.32 Å². The summed E-state index contributed by atoms with van der Waals surface area (Å²) in [6.07, 6.45) is 0.268. The number of carbonyl (C=O) groups is 2. The van der Waals surface area contributed by atoms with Crippen LogP contribution in [0.15, 0.2) is 24.3 Å². The summed E-state index contributed by atoms with van der Waals surface area (Å²) in [5.74, 6) is -0.357. The fourth-order valence-electron chi connectivity index (χ4n) is 1.20. The summed E-state index contributed by atoms with van der Waals surface area (Å²) in [4.78, 5) is 22.6. The van der Waals surface area contributed by atoms with Gasteiger partial charge in [-0.05, 0) is 53.3 Å². The van der Waals surface area contributed by atoms with E-state index in [4.69, 9.17) is 9.47 Å². The standard InChI is InChI=1S/C13H16INO4/c1-2-8-18-12(16)7-9-19-13(17)15-11-5-3-10(14)4-6-11/h3-6H,2,7-9H2,1H3,(H,15,17). The first-order valence-corrected chi connectivity index (χ1v) is 7.04. The van der Waals surface area contributed by atoms with E-state index >= 15 is 0 Å². The Morgan fingerprint density at radius 1 is 1.16 bits per heavy atom. The maximum atomic E-state index is 11.4. The molecule has 0 aliphatic rings. The van der Waals surface area contributed by atoms with Crippen LogP contribution in [0.1, 0.15) is 19.8 Å². The zero-order valence-electron chi connectivity index (χ0n) is 10.6. The van der Waals surface area contributed by atoms with Crippen LogP contribution in [0.2, 0.25) is 0 Å². The molecule has 1 amide bonds. The second-order valence-electron chi connectivity index (χ2n) is 3.74. The molecule has 19 heavy (non-hydrogen) atoms. The summed E-state index contributed by atoms with van der Waals surface area (Å²) in [6, 6.07) is 7.30. The molecule has 6 heteroatoms. The van der Waals surface area contributed by atoms with Gasteiger partial charge in [0.25, 0.3) is 0 Å². The molecule has 0 atom stereocenters. The summed E-state index contributed by atoms with van der Waals surface area (Å²) in [5.41, 5.74) is 0.652. The molecule has 0 unspecified atom stereocenters. The number of rotatable bonds is 6. The Bertz CT molecular complexity index is 419. The van der Waals surface area contributed by atoms with E-state index in [1.165, 1.54) is 0 Å². The average Bonchev–Trinajstić information content (AvgIpc) is 2.39. The molecule has 0 fully saturated rings. The predicted octanol–water partition coefficient (Wildman–Crippen LogP) is 3.18. The van der Waals surface area contributed by atoms with Crippen LogP contribution in [0.3, 0.4) is 0 Å². The van der Waals surface area contributed by atoms with Crippen molar-refractivity contribution in [3.05, 3.63) is 27.8 Å². The minimum Gasteiger partial charge on any atom is -0.466 e. The highest BCUT2D eigenvalue weighted by atomic mass is 127. The molecular formula is C13H16INO4. The van der Waals surface area contributed by atoms with Gasteiger partial charge in [-0.25, -0.2) is 4.79 Å². The Morgan fingerprint density at radius 3 is 2.47 bits per heavy atom. The van der Waals surface area contributed by atoms with Crippen LogP contribution >= 0.6 is 22.6 Å². The number of nitrogens with one attached hydrogen (secondary N) is 1. The Hall–Kier alpha value is -1.31.